The van der Waals surface area contributed by atoms with Gasteiger partial charge in [0.05, 0.1) is 12.2 Å². The third-order valence-electron chi connectivity index (χ3n) is 5.45. The fraction of sp³-hybridized carbons (Fsp3) is 0.680. The number of ether oxygens (including phenoxy) is 2. The average molecular weight is 495 g/mol. The number of halogens is 5. The number of hydrogen-bond donors (Lipinski definition) is 0. The SMILES string of the molecule is CCCCCCCCOC(=O)CCCCCCCCC(=O)OCc1c(F)c(F)c(F)c(F)c1F. The molecule has 1 rings (SSSR count). The van der Waals surface area contributed by atoms with Gasteiger partial charge in [0.2, 0.25) is 5.82 Å². The summed E-state index contributed by atoms with van der Waals surface area (Å²) in [5.74, 6) is -11.4. The van der Waals surface area contributed by atoms with Crippen molar-refractivity contribution in [2.75, 3.05) is 6.61 Å². The van der Waals surface area contributed by atoms with Gasteiger partial charge in [-0.15, -0.1) is 0 Å². The Morgan fingerprint density at radius 3 is 1.50 bits per heavy atom. The second kappa shape index (κ2) is 17.3. The van der Waals surface area contributed by atoms with E-state index in [0.717, 1.165) is 38.5 Å². The predicted octanol–water partition coefficient (Wildman–Crippen LogP) is 7.45. The molecule has 34 heavy (non-hydrogen) atoms. The molecule has 0 heterocycles. The highest BCUT2D eigenvalue weighted by Gasteiger charge is 2.26. The lowest BCUT2D eigenvalue weighted by atomic mass is 10.1. The second-order valence-corrected chi connectivity index (χ2v) is 8.32. The minimum atomic E-state index is -2.25. The molecule has 0 saturated carbocycles. The fourth-order valence-electron chi connectivity index (χ4n) is 3.39. The van der Waals surface area contributed by atoms with Gasteiger partial charge in [0.15, 0.2) is 23.3 Å². The van der Waals surface area contributed by atoms with Gasteiger partial charge in [-0.05, 0) is 19.3 Å². The van der Waals surface area contributed by atoms with Gasteiger partial charge in [0.1, 0.15) is 6.61 Å². The molecule has 0 aliphatic heterocycles. The topological polar surface area (TPSA) is 52.6 Å². The van der Waals surface area contributed by atoms with Gasteiger partial charge in [-0.2, -0.15) is 0 Å². The Morgan fingerprint density at radius 2 is 0.971 bits per heavy atom. The molecule has 0 amide bonds. The molecule has 0 bridgehead atoms. The van der Waals surface area contributed by atoms with Crippen LogP contribution in [0.1, 0.15) is 102 Å². The number of hydrogen-bond acceptors (Lipinski definition) is 4. The Kier molecular flexibility index (Phi) is 15.2. The van der Waals surface area contributed by atoms with Crippen LogP contribution in [0, 0.1) is 29.1 Å². The smallest absolute Gasteiger partial charge is 0.306 e. The highest BCUT2D eigenvalue weighted by atomic mass is 19.2. The van der Waals surface area contributed by atoms with Crippen LogP contribution < -0.4 is 0 Å². The van der Waals surface area contributed by atoms with E-state index in [9.17, 15) is 31.5 Å². The third kappa shape index (κ3) is 11.3. The summed E-state index contributed by atoms with van der Waals surface area (Å²) in [4.78, 5) is 23.3. The van der Waals surface area contributed by atoms with E-state index in [0.29, 0.717) is 25.9 Å². The molecule has 0 N–H and O–H groups in total. The highest BCUT2D eigenvalue weighted by molar-refractivity contribution is 5.69. The van der Waals surface area contributed by atoms with Gasteiger partial charge in [0.25, 0.3) is 0 Å². The quantitative estimate of drug-likeness (QED) is 0.0699. The molecule has 4 nitrogen and oxygen atoms in total. The number of rotatable bonds is 18. The summed E-state index contributed by atoms with van der Waals surface area (Å²) in [6.07, 6.45) is 11.7. The summed E-state index contributed by atoms with van der Waals surface area (Å²) in [5, 5.41) is 0. The van der Waals surface area contributed by atoms with Crippen LogP contribution in [0.3, 0.4) is 0 Å². The molecule has 194 valence electrons. The average Bonchev–Trinajstić information content (AvgIpc) is 2.82. The highest BCUT2D eigenvalue weighted by Crippen LogP contribution is 2.23. The summed E-state index contributed by atoms with van der Waals surface area (Å²) < 4.78 is 76.2. The number of carbonyl (C=O) groups is 2. The lowest BCUT2D eigenvalue weighted by Gasteiger charge is -2.09. The summed E-state index contributed by atoms with van der Waals surface area (Å²) in [5.41, 5.74) is -1.17. The first-order valence-electron chi connectivity index (χ1n) is 12.1. The normalized spacial score (nSPS) is 11.0. The molecule has 9 heteroatoms. The Morgan fingerprint density at radius 1 is 0.559 bits per heavy atom. The monoisotopic (exact) mass is 494 g/mol. The molecule has 0 atom stereocenters. The molecule has 1 aromatic rings. The minimum absolute atomic E-state index is 0.0276. The molecule has 0 radical (unpaired) electrons. The molecule has 1 aromatic carbocycles. The number of esters is 2. The van der Waals surface area contributed by atoms with Crippen molar-refractivity contribution in [2.45, 2.75) is 103 Å². The largest absolute Gasteiger partial charge is 0.466 e. The molecule has 0 spiro atoms. The van der Waals surface area contributed by atoms with E-state index in [1.54, 1.807) is 0 Å². The van der Waals surface area contributed by atoms with Crippen molar-refractivity contribution in [2.24, 2.45) is 0 Å². The molecule has 0 aliphatic carbocycles. The molecule has 0 aliphatic rings. The van der Waals surface area contributed by atoms with Crippen molar-refractivity contribution in [3.8, 4) is 0 Å². The molecule has 0 saturated heterocycles. The van der Waals surface area contributed by atoms with Crippen LogP contribution in [-0.4, -0.2) is 18.5 Å². The first-order chi connectivity index (χ1) is 16.3. The van der Waals surface area contributed by atoms with Crippen molar-refractivity contribution >= 4 is 11.9 Å². The van der Waals surface area contributed by atoms with E-state index in [4.69, 9.17) is 4.74 Å². The van der Waals surface area contributed by atoms with Crippen molar-refractivity contribution in [3.63, 3.8) is 0 Å². The van der Waals surface area contributed by atoms with Crippen molar-refractivity contribution in [1.29, 1.82) is 0 Å². The molecular formula is C25H35F5O4. The van der Waals surface area contributed by atoms with Crippen LogP contribution in [0.2, 0.25) is 0 Å². The predicted molar refractivity (Wildman–Crippen MR) is 117 cm³/mol. The van der Waals surface area contributed by atoms with E-state index in [-0.39, 0.29) is 12.4 Å². The van der Waals surface area contributed by atoms with Gasteiger partial charge >= 0.3 is 11.9 Å². The Bertz CT molecular complexity index is 741. The number of carbonyl (C=O) groups excluding carboxylic acids is 2. The summed E-state index contributed by atoms with van der Waals surface area (Å²) in [6.45, 7) is 1.62. The lowest BCUT2D eigenvalue weighted by Crippen LogP contribution is -2.11. The third-order valence-corrected chi connectivity index (χ3v) is 5.45. The van der Waals surface area contributed by atoms with Crippen LogP contribution >= 0.6 is 0 Å². The number of benzene rings is 1. The van der Waals surface area contributed by atoms with Crippen LogP contribution in [0.5, 0.6) is 0 Å². The molecule has 0 unspecified atom stereocenters. The zero-order chi connectivity index (χ0) is 25.3. The van der Waals surface area contributed by atoms with E-state index in [2.05, 4.69) is 11.7 Å². The maximum Gasteiger partial charge on any atom is 0.306 e. The zero-order valence-corrected chi connectivity index (χ0v) is 19.8. The Labute approximate surface area is 198 Å². The minimum Gasteiger partial charge on any atom is -0.466 e. The Hall–Kier alpha value is -2.19. The van der Waals surface area contributed by atoms with E-state index in [1.807, 2.05) is 0 Å². The maximum atomic E-state index is 13.5. The van der Waals surface area contributed by atoms with Gasteiger partial charge in [-0.25, -0.2) is 22.0 Å². The molecule has 0 fully saturated rings. The summed E-state index contributed by atoms with van der Waals surface area (Å²) >= 11 is 0. The van der Waals surface area contributed by atoms with Crippen LogP contribution in [-0.2, 0) is 25.7 Å². The lowest BCUT2D eigenvalue weighted by molar-refractivity contribution is -0.145. The summed E-state index contributed by atoms with van der Waals surface area (Å²) in [7, 11) is 0. The van der Waals surface area contributed by atoms with Crippen LogP contribution in [0.4, 0.5) is 22.0 Å². The Balaban J connectivity index is 2.05. The maximum absolute atomic E-state index is 13.5. The zero-order valence-electron chi connectivity index (χ0n) is 19.8. The molecular weight excluding hydrogens is 459 g/mol. The van der Waals surface area contributed by atoms with E-state index < -0.39 is 47.2 Å². The van der Waals surface area contributed by atoms with Gasteiger partial charge in [-0.1, -0.05) is 64.7 Å². The summed E-state index contributed by atoms with van der Waals surface area (Å²) in [6, 6.07) is 0. The number of unbranched alkanes of at least 4 members (excludes halogenated alkanes) is 10. The van der Waals surface area contributed by atoms with Crippen molar-refractivity contribution in [3.05, 3.63) is 34.6 Å². The van der Waals surface area contributed by atoms with E-state index >= 15 is 0 Å². The van der Waals surface area contributed by atoms with Crippen molar-refractivity contribution in [1.82, 2.24) is 0 Å². The van der Waals surface area contributed by atoms with Gasteiger partial charge in [0, 0.05) is 12.8 Å². The second-order valence-electron chi connectivity index (χ2n) is 8.32. The van der Waals surface area contributed by atoms with Crippen molar-refractivity contribution < 1.29 is 41.0 Å². The van der Waals surface area contributed by atoms with Gasteiger partial charge < -0.3 is 9.47 Å². The van der Waals surface area contributed by atoms with Crippen LogP contribution in [0.15, 0.2) is 0 Å². The fourth-order valence-corrected chi connectivity index (χ4v) is 3.39. The molecule has 0 aromatic heterocycles. The first kappa shape index (κ1) is 29.8. The van der Waals surface area contributed by atoms with E-state index in [1.165, 1.54) is 25.7 Å². The standard InChI is InChI=1S/C25H35F5O4/c1-2-3-4-5-10-13-16-33-19(31)14-11-8-6-7-9-12-15-20(32)34-17-18-21(26)23(28)25(30)24(29)22(18)27/h2-17H2,1H3. The van der Waals surface area contributed by atoms with Gasteiger partial charge in [-0.3, -0.25) is 9.59 Å². The van der Waals surface area contributed by atoms with Crippen LogP contribution in [0.25, 0.3) is 0 Å². The first-order valence-corrected chi connectivity index (χ1v) is 12.1.